The molecule has 2 bridgehead atoms. The van der Waals surface area contributed by atoms with Crippen molar-refractivity contribution in [1.82, 2.24) is 19.3 Å². The Morgan fingerprint density at radius 1 is 0.643 bits per heavy atom. The van der Waals surface area contributed by atoms with Gasteiger partial charge in [-0.15, -0.1) is 0 Å². The van der Waals surface area contributed by atoms with Crippen molar-refractivity contribution in [3.8, 4) is 0 Å². The Balaban J connectivity index is 2.17. The second-order valence-electron chi connectivity index (χ2n) is 4.63. The Bertz CT molecular complexity index is 168. The van der Waals surface area contributed by atoms with Crippen LogP contribution in [0.2, 0.25) is 0 Å². The standard InChI is InChI=1S/C9H21BN4/c1-11-4-7-14-8-5-12(2)10(11)13(3)6-9-14/h4-9H2,1-3H3. The van der Waals surface area contributed by atoms with E-state index in [4.69, 9.17) is 0 Å². The van der Waals surface area contributed by atoms with Gasteiger partial charge in [-0.1, -0.05) is 0 Å². The van der Waals surface area contributed by atoms with Gasteiger partial charge in [-0.2, -0.15) is 0 Å². The smallest absolute Gasteiger partial charge is 0.315 e. The zero-order valence-electron chi connectivity index (χ0n) is 9.61. The maximum Gasteiger partial charge on any atom is 0.402 e. The molecule has 14 heavy (non-hydrogen) atoms. The second-order valence-corrected chi connectivity index (χ2v) is 4.63. The monoisotopic (exact) mass is 196 g/mol. The van der Waals surface area contributed by atoms with E-state index in [-0.39, 0.29) is 0 Å². The van der Waals surface area contributed by atoms with Crippen molar-refractivity contribution in [2.75, 3.05) is 60.4 Å². The molecule has 0 atom stereocenters. The molecule has 0 radical (unpaired) electrons. The molecule has 0 aromatic rings. The number of likely N-dealkylation sites (N-methyl/N-ethyl adjacent to an activating group) is 3. The summed E-state index contributed by atoms with van der Waals surface area (Å²) in [6.07, 6.45) is 0. The summed E-state index contributed by atoms with van der Waals surface area (Å²) in [5, 5.41) is 0. The summed E-state index contributed by atoms with van der Waals surface area (Å²) in [5.74, 6) is 0. The van der Waals surface area contributed by atoms with Crippen LogP contribution in [0.5, 0.6) is 0 Å². The lowest BCUT2D eigenvalue weighted by molar-refractivity contribution is 0.166. The van der Waals surface area contributed by atoms with Gasteiger partial charge in [0.15, 0.2) is 0 Å². The summed E-state index contributed by atoms with van der Waals surface area (Å²) in [5.41, 5.74) is 0. The Labute approximate surface area is 87.6 Å². The van der Waals surface area contributed by atoms with E-state index in [1.807, 2.05) is 0 Å². The Morgan fingerprint density at radius 2 is 1.00 bits per heavy atom. The van der Waals surface area contributed by atoms with Crippen LogP contribution in [0.15, 0.2) is 0 Å². The third-order valence-corrected chi connectivity index (χ3v) is 3.49. The zero-order chi connectivity index (χ0) is 10.1. The molecule has 3 rings (SSSR count). The van der Waals surface area contributed by atoms with Crippen molar-refractivity contribution in [3.63, 3.8) is 0 Å². The van der Waals surface area contributed by atoms with Gasteiger partial charge in [0, 0.05) is 39.3 Å². The molecule has 0 aromatic carbocycles. The lowest BCUT2D eigenvalue weighted by Crippen LogP contribution is -2.66. The highest BCUT2D eigenvalue weighted by atomic mass is 15.4. The summed E-state index contributed by atoms with van der Waals surface area (Å²) in [7, 11) is 7.18. The van der Waals surface area contributed by atoms with E-state index >= 15 is 0 Å². The van der Waals surface area contributed by atoms with Crippen molar-refractivity contribution in [2.24, 2.45) is 0 Å². The van der Waals surface area contributed by atoms with Gasteiger partial charge in [-0.05, 0) is 21.1 Å². The summed E-state index contributed by atoms with van der Waals surface area (Å²) in [6.45, 7) is 7.23. The molecule has 0 amide bonds. The SMILES string of the molecule is CN1CCN2CCN(C)B1N(C)CC2. The van der Waals surface area contributed by atoms with Crippen LogP contribution >= 0.6 is 0 Å². The number of hydrogen-bond acceptors (Lipinski definition) is 4. The molecular weight excluding hydrogens is 175 g/mol. The summed E-state index contributed by atoms with van der Waals surface area (Å²) in [6, 6.07) is 0. The fraction of sp³-hybridized carbons (Fsp3) is 1.00. The van der Waals surface area contributed by atoms with Crippen LogP contribution in [0.25, 0.3) is 0 Å². The molecule has 3 fully saturated rings. The lowest BCUT2D eigenvalue weighted by atomic mass is 9.83. The summed E-state index contributed by atoms with van der Waals surface area (Å²) in [4.78, 5) is 9.92. The Kier molecular flexibility index (Phi) is 3.12. The minimum absolute atomic E-state index is 0.498. The van der Waals surface area contributed by atoms with Crippen LogP contribution in [0.3, 0.4) is 0 Å². The van der Waals surface area contributed by atoms with Gasteiger partial charge in [0.2, 0.25) is 0 Å². The van der Waals surface area contributed by atoms with Gasteiger partial charge in [-0.3, -0.25) is 4.90 Å². The normalized spacial score (nSPS) is 28.9. The minimum atomic E-state index is 0.498. The lowest BCUT2D eigenvalue weighted by Gasteiger charge is -2.44. The highest BCUT2D eigenvalue weighted by molar-refractivity contribution is 6.49. The fourth-order valence-corrected chi connectivity index (χ4v) is 2.59. The quantitative estimate of drug-likeness (QED) is 0.465. The predicted molar refractivity (Wildman–Crippen MR) is 60.1 cm³/mol. The van der Waals surface area contributed by atoms with E-state index in [1.165, 1.54) is 39.3 Å². The van der Waals surface area contributed by atoms with Crippen LogP contribution < -0.4 is 0 Å². The van der Waals surface area contributed by atoms with Crippen LogP contribution in [-0.4, -0.2) is 86.9 Å². The average Bonchev–Trinajstić information content (AvgIpc) is 2.11. The molecule has 4 nitrogen and oxygen atoms in total. The van der Waals surface area contributed by atoms with Gasteiger partial charge in [0.1, 0.15) is 0 Å². The van der Waals surface area contributed by atoms with Gasteiger partial charge < -0.3 is 14.4 Å². The van der Waals surface area contributed by atoms with Crippen molar-refractivity contribution in [1.29, 1.82) is 0 Å². The molecule has 80 valence electrons. The molecule has 0 N–H and O–H groups in total. The molecule has 0 aromatic heterocycles. The first-order chi connectivity index (χ1) is 6.68. The van der Waals surface area contributed by atoms with Crippen LogP contribution in [0, 0.1) is 0 Å². The maximum atomic E-state index is 2.57. The van der Waals surface area contributed by atoms with Crippen LogP contribution in [0.4, 0.5) is 0 Å². The number of nitrogens with zero attached hydrogens (tertiary/aromatic N) is 4. The molecule has 0 aliphatic carbocycles. The fourth-order valence-electron chi connectivity index (χ4n) is 2.59. The number of hydrogen-bond donors (Lipinski definition) is 0. The third kappa shape index (κ3) is 1.96. The third-order valence-electron chi connectivity index (χ3n) is 3.49. The van der Waals surface area contributed by atoms with Crippen molar-refractivity contribution in [2.45, 2.75) is 0 Å². The summed E-state index contributed by atoms with van der Waals surface area (Å²) >= 11 is 0. The predicted octanol–water partition coefficient (Wildman–Crippen LogP) is -0.904. The van der Waals surface area contributed by atoms with Gasteiger partial charge in [0.05, 0.1) is 0 Å². The van der Waals surface area contributed by atoms with Crippen molar-refractivity contribution >= 4 is 7.12 Å². The van der Waals surface area contributed by atoms with Gasteiger partial charge in [0.25, 0.3) is 0 Å². The Morgan fingerprint density at radius 3 is 1.36 bits per heavy atom. The van der Waals surface area contributed by atoms with E-state index in [0.29, 0.717) is 7.12 Å². The summed E-state index contributed by atoms with van der Waals surface area (Å²) < 4.78 is 0. The first-order valence-corrected chi connectivity index (χ1v) is 5.51. The van der Waals surface area contributed by atoms with Crippen molar-refractivity contribution < 1.29 is 0 Å². The van der Waals surface area contributed by atoms with Crippen LogP contribution in [-0.2, 0) is 0 Å². The van der Waals surface area contributed by atoms with Crippen LogP contribution in [0.1, 0.15) is 0 Å². The highest BCUT2D eigenvalue weighted by Crippen LogP contribution is 2.10. The minimum Gasteiger partial charge on any atom is -0.315 e. The maximum absolute atomic E-state index is 2.57. The average molecular weight is 196 g/mol. The van der Waals surface area contributed by atoms with E-state index in [9.17, 15) is 0 Å². The molecule has 5 heteroatoms. The zero-order valence-corrected chi connectivity index (χ0v) is 9.61. The molecule has 3 aliphatic heterocycles. The number of fused-ring (bicyclic) bond motifs is 6. The van der Waals surface area contributed by atoms with E-state index in [2.05, 4.69) is 40.5 Å². The second kappa shape index (κ2) is 4.19. The molecule has 3 saturated heterocycles. The topological polar surface area (TPSA) is 13.0 Å². The molecular formula is C9H21BN4. The highest BCUT2D eigenvalue weighted by Gasteiger charge is 2.34. The van der Waals surface area contributed by atoms with E-state index in [1.54, 1.807) is 0 Å². The molecule has 0 unspecified atom stereocenters. The molecule has 0 saturated carbocycles. The van der Waals surface area contributed by atoms with Gasteiger partial charge >= 0.3 is 7.12 Å². The van der Waals surface area contributed by atoms with E-state index < -0.39 is 0 Å². The molecule has 0 spiro atoms. The van der Waals surface area contributed by atoms with E-state index in [0.717, 1.165) is 0 Å². The van der Waals surface area contributed by atoms with Crippen molar-refractivity contribution in [3.05, 3.63) is 0 Å². The first kappa shape index (κ1) is 10.4. The molecule has 3 aliphatic rings. The molecule has 3 heterocycles. The Hall–Kier alpha value is -0.0951. The first-order valence-electron chi connectivity index (χ1n) is 5.51. The largest absolute Gasteiger partial charge is 0.402 e. The number of rotatable bonds is 0. The van der Waals surface area contributed by atoms with Gasteiger partial charge in [-0.25, -0.2) is 0 Å².